The summed E-state index contributed by atoms with van der Waals surface area (Å²) < 4.78 is 0. The van der Waals surface area contributed by atoms with Crippen molar-refractivity contribution >= 4 is 5.82 Å². The minimum atomic E-state index is 0.928. The smallest absolute Gasteiger partial charge is 0.125 e. The van der Waals surface area contributed by atoms with E-state index in [9.17, 15) is 0 Å². The van der Waals surface area contributed by atoms with Crippen LogP contribution in [0.3, 0.4) is 0 Å². The van der Waals surface area contributed by atoms with Gasteiger partial charge in [-0.25, -0.2) is 4.98 Å². The number of nitrogens with zero attached hydrogens (tertiary/aromatic N) is 1. The minimum absolute atomic E-state index is 0.928. The van der Waals surface area contributed by atoms with Crippen LogP contribution in [0.1, 0.15) is 31.7 Å². The molecule has 2 rings (SSSR count). The summed E-state index contributed by atoms with van der Waals surface area (Å²) in [6.45, 7) is 2.23. The maximum Gasteiger partial charge on any atom is 0.125 e. The van der Waals surface area contributed by atoms with Gasteiger partial charge in [0.1, 0.15) is 5.82 Å². The van der Waals surface area contributed by atoms with Crippen LogP contribution in [-0.4, -0.2) is 12.0 Å². The van der Waals surface area contributed by atoms with Crippen molar-refractivity contribution in [2.45, 2.75) is 32.6 Å². The number of anilines is 1. The van der Waals surface area contributed by atoms with Crippen LogP contribution in [0.15, 0.2) is 41.6 Å². The SMILES string of the molecule is CCC1=CCCC=C1Cc1ccc(NC)nc1. The molecule has 0 saturated heterocycles. The number of hydrogen-bond donors (Lipinski definition) is 1. The van der Waals surface area contributed by atoms with Crippen LogP contribution in [0, 0.1) is 0 Å². The van der Waals surface area contributed by atoms with E-state index in [0.29, 0.717) is 0 Å². The highest BCUT2D eigenvalue weighted by Crippen LogP contribution is 2.24. The molecule has 0 saturated carbocycles. The summed E-state index contributed by atoms with van der Waals surface area (Å²) in [5, 5.41) is 3.04. The van der Waals surface area contributed by atoms with E-state index in [0.717, 1.165) is 18.7 Å². The molecular formula is C15H20N2. The van der Waals surface area contributed by atoms with Gasteiger partial charge in [0, 0.05) is 13.2 Å². The lowest BCUT2D eigenvalue weighted by atomic mass is 9.91. The number of allylic oxidation sites excluding steroid dienone is 4. The molecule has 17 heavy (non-hydrogen) atoms. The van der Waals surface area contributed by atoms with Gasteiger partial charge in [-0.3, -0.25) is 0 Å². The van der Waals surface area contributed by atoms with Gasteiger partial charge in [-0.05, 0) is 48.5 Å². The van der Waals surface area contributed by atoms with Crippen LogP contribution in [0.5, 0.6) is 0 Å². The van der Waals surface area contributed by atoms with Gasteiger partial charge in [0.05, 0.1) is 0 Å². The van der Waals surface area contributed by atoms with E-state index in [1.807, 2.05) is 19.3 Å². The predicted molar refractivity (Wildman–Crippen MR) is 73.2 cm³/mol. The molecule has 0 fully saturated rings. The molecule has 90 valence electrons. The van der Waals surface area contributed by atoms with Gasteiger partial charge >= 0.3 is 0 Å². The molecule has 0 unspecified atom stereocenters. The van der Waals surface area contributed by atoms with Gasteiger partial charge in [0.25, 0.3) is 0 Å². The zero-order valence-electron chi connectivity index (χ0n) is 10.7. The highest BCUT2D eigenvalue weighted by Gasteiger charge is 2.08. The van der Waals surface area contributed by atoms with Gasteiger partial charge in [-0.2, -0.15) is 0 Å². The molecule has 0 bridgehead atoms. The number of hydrogen-bond acceptors (Lipinski definition) is 2. The van der Waals surface area contributed by atoms with E-state index >= 15 is 0 Å². The summed E-state index contributed by atoms with van der Waals surface area (Å²) in [7, 11) is 1.89. The van der Waals surface area contributed by atoms with Crippen molar-refractivity contribution in [1.29, 1.82) is 0 Å². The van der Waals surface area contributed by atoms with Crippen molar-refractivity contribution in [2.24, 2.45) is 0 Å². The summed E-state index contributed by atoms with van der Waals surface area (Å²) >= 11 is 0. The van der Waals surface area contributed by atoms with E-state index in [1.165, 1.54) is 29.6 Å². The Kier molecular flexibility index (Phi) is 3.97. The van der Waals surface area contributed by atoms with Crippen LogP contribution in [0.4, 0.5) is 5.82 Å². The summed E-state index contributed by atoms with van der Waals surface area (Å²) in [5.74, 6) is 0.928. The Morgan fingerprint density at radius 1 is 1.18 bits per heavy atom. The summed E-state index contributed by atoms with van der Waals surface area (Å²) in [4.78, 5) is 4.36. The second-order valence-electron chi connectivity index (χ2n) is 4.37. The highest BCUT2D eigenvalue weighted by molar-refractivity contribution is 5.40. The lowest BCUT2D eigenvalue weighted by Gasteiger charge is -2.15. The van der Waals surface area contributed by atoms with Gasteiger partial charge < -0.3 is 5.32 Å². The van der Waals surface area contributed by atoms with E-state index in [1.54, 1.807) is 0 Å². The molecular weight excluding hydrogens is 208 g/mol. The molecule has 0 aliphatic heterocycles. The van der Waals surface area contributed by atoms with Crippen LogP contribution in [-0.2, 0) is 6.42 Å². The fraction of sp³-hybridized carbons (Fsp3) is 0.400. The van der Waals surface area contributed by atoms with Crippen LogP contribution >= 0.6 is 0 Å². The highest BCUT2D eigenvalue weighted by atomic mass is 14.9. The molecule has 1 N–H and O–H groups in total. The Balaban J connectivity index is 2.09. The average molecular weight is 228 g/mol. The molecule has 0 amide bonds. The average Bonchev–Trinajstić information content (AvgIpc) is 2.40. The Hall–Kier alpha value is -1.57. The quantitative estimate of drug-likeness (QED) is 0.849. The third-order valence-corrected chi connectivity index (χ3v) is 3.22. The fourth-order valence-corrected chi connectivity index (χ4v) is 2.23. The Bertz CT molecular complexity index is 427. The van der Waals surface area contributed by atoms with E-state index in [2.05, 4.69) is 35.4 Å². The lowest BCUT2D eigenvalue weighted by Crippen LogP contribution is -2.00. The van der Waals surface area contributed by atoms with E-state index in [4.69, 9.17) is 0 Å². The third kappa shape index (κ3) is 2.96. The molecule has 1 heterocycles. The number of aromatic nitrogens is 1. The number of rotatable bonds is 4. The summed E-state index contributed by atoms with van der Waals surface area (Å²) in [6.07, 6.45) is 11.2. The van der Waals surface area contributed by atoms with Crippen molar-refractivity contribution in [3.63, 3.8) is 0 Å². The van der Waals surface area contributed by atoms with E-state index < -0.39 is 0 Å². The van der Waals surface area contributed by atoms with Crippen molar-refractivity contribution < 1.29 is 0 Å². The van der Waals surface area contributed by atoms with Gasteiger partial charge in [0.2, 0.25) is 0 Å². The van der Waals surface area contributed by atoms with Crippen molar-refractivity contribution in [2.75, 3.05) is 12.4 Å². The van der Waals surface area contributed by atoms with Crippen LogP contribution < -0.4 is 5.32 Å². The largest absolute Gasteiger partial charge is 0.373 e. The van der Waals surface area contributed by atoms with Crippen molar-refractivity contribution in [1.82, 2.24) is 4.98 Å². The summed E-state index contributed by atoms with van der Waals surface area (Å²) in [5.41, 5.74) is 4.28. The van der Waals surface area contributed by atoms with Crippen molar-refractivity contribution in [3.8, 4) is 0 Å². The number of pyridine rings is 1. The minimum Gasteiger partial charge on any atom is -0.373 e. The first-order valence-corrected chi connectivity index (χ1v) is 6.34. The normalized spacial score (nSPS) is 15.2. The molecule has 1 aliphatic carbocycles. The van der Waals surface area contributed by atoms with Gasteiger partial charge in [-0.15, -0.1) is 0 Å². The Morgan fingerprint density at radius 2 is 1.94 bits per heavy atom. The zero-order valence-corrected chi connectivity index (χ0v) is 10.7. The maximum atomic E-state index is 4.36. The molecule has 1 aromatic rings. The molecule has 1 aliphatic rings. The van der Waals surface area contributed by atoms with Gasteiger partial charge in [-0.1, -0.05) is 25.1 Å². The van der Waals surface area contributed by atoms with Crippen LogP contribution in [0.2, 0.25) is 0 Å². The Morgan fingerprint density at radius 3 is 2.53 bits per heavy atom. The maximum absolute atomic E-state index is 4.36. The van der Waals surface area contributed by atoms with Crippen LogP contribution in [0.25, 0.3) is 0 Å². The first kappa shape index (κ1) is 11.9. The third-order valence-electron chi connectivity index (χ3n) is 3.22. The second kappa shape index (κ2) is 5.67. The standard InChI is InChI=1S/C15H20N2/c1-3-13-6-4-5-7-14(13)10-12-8-9-15(16-2)17-11-12/h6-9,11H,3-5,10H2,1-2H3,(H,16,17). The predicted octanol–water partition coefficient (Wildman–Crippen LogP) is 3.72. The first-order chi connectivity index (χ1) is 8.33. The van der Waals surface area contributed by atoms with Crippen molar-refractivity contribution in [3.05, 3.63) is 47.2 Å². The second-order valence-corrected chi connectivity index (χ2v) is 4.37. The van der Waals surface area contributed by atoms with E-state index in [-0.39, 0.29) is 0 Å². The van der Waals surface area contributed by atoms with Gasteiger partial charge in [0.15, 0.2) is 0 Å². The first-order valence-electron chi connectivity index (χ1n) is 6.34. The Labute approximate surface area is 103 Å². The molecule has 0 aromatic carbocycles. The topological polar surface area (TPSA) is 24.9 Å². The molecule has 0 spiro atoms. The summed E-state index contributed by atoms with van der Waals surface area (Å²) in [6, 6.07) is 4.19. The number of nitrogens with one attached hydrogen (secondary N) is 1. The molecule has 0 atom stereocenters. The lowest BCUT2D eigenvalue weighted by molar-refractivity contribution is 0.923. The zero-order chi connectivity index (χ0) is 12.1. The molecule has 0 radical (unpaired) electrons. The molecule has 2 heteroatoms. The molecule has 2 nitrogen and oxygen atoms in total. The molecule has 1 aromatic heterocycles. The monoisotopic (exact) mass is 228 g/mol. The fourth-order valence-electron chi connectivity index (χ4n) is 2.23.